The Hall–Kier alpha value is -3.74. The number of anilines is 1. The van der Waals surface area contributed by atoms with E-state index in [1.54, 1.807) is 12.3 Å². The first-order chi connectivity index (χ1) is 17.1. The molecule has 3 aromatic carbocycles. The van der Waals surface area contributed by atoms with E-state index in [1.807, 2.05) is 79.7 Å². The third kappa shape index (κ3) is 5.19. The molecule has 178 valence electrons. The molecule has 6 nitrogen and oxygen atoms in total. The molecular weight excluding hydrogens is 436 g/mol. The van der Waals surface area contributed by atoms with Crippen molar-refractivity contribution in [3.8, 4) is 5.75 Å². The van der Waals surface area contributed by atoms with E-state index in [9.17, 15) is 9.90 Å². The number of nitrogens with zero attached hydrogens (tertiary/aromatic N) is 3. The lowest BCUT2D eigenvalue weighted by Crippen LogP contribution is -2.49. The van der Waals surface area contributed by atoms with E-state index in [2.05, 4.69) is 20.1 Å². The predicted octanol–water partition coefficient (Wildman–Crippen LogP) is 4.75. The van der Waals surface area contributed by atoms with Crippen molar-refractivity contribution >= 4 is 22.5 Å². The average Bonchev–Trinajstić information content (AvgIpc) is 2.89. The fraction of sp³-hybridized carbons (Fsp3) is 0.241. The molecule has 1 aliphatic heterocycles. The maximum atomic E-state index is 13.5. The van der Waals surface area contributed by atoms with Crippen LogP contribution in [0.5, 0.6) is 5.75 Å². The van der Waals surface area contributed by atoms with Crippen molar-refractivity contribution in [1.82, 2.24) is 14.8 Å². The Labute approximate surface area is 205 Å². The summed E-state index contributed by atoms with van der Waals surface area (Å²) in [6.07, 6.45) is 1.70. The molecule has 2 heterocycles. The largest absolute Gasteiger partial charge is 0.506 e. The molecule has 1 atom stereocenters. The Kier molecular flexibility index (Phi) is 6.75. The van der Waals surface area contributed by atoms with Gasteiger partial charge in [0, 0.05) is 50.0 Å². The van der Waals surface area contributed by atoms with E-state index in [-0.39, 0.29) is 17.7 Å². The number of phenols is 1. The van der Waals surface area contributed by atoms with E-state index in [4.69, 9.17) is 0 Å². The monoisotopic (exact) mass is 466 g/mol. The number of hydrogen-bond acceptors (Lipinski definition) is 5. The molecule has 5 rings (SSSR count). The van der Waals surface area contributed by atoms with Crippen molar-refractivity contribution in [3.63, 3.8) is 0 Å². The first kappa shape index (κ1) is 23.0. The highest BCUT2D eigenvalue weighted by atomic mass is 16.3. The number of carbonyl (C=O) groups excluding carboxylic acids is 1. The van der Waals surface area contributed by atoms with Crippen LogP contribution < -0.4 is 5.32 Å². The summed E-state index contributed by atoms with van der Waals surface area (Å²) in [5.41, 5.74) is 4.77. The maximum absolute atomic E-state index is 13.5. The average molecular weight is 467 g/mol. The summed E-state index contributed by atoms with van der Waals surface area (Å²) in [5.74, 6) is 0.198. The highest BCUT2D eigenvalue weighted by molar-refractivity contribution is 5.95. The van der Waals surface area contributed by atoms with E-state index in [0.29, 0.717) is 5.52 Å². The van der Waals surface area contributed by atoms with Gasteiger partial charge in [0.1, 0.15) is 17.3 Å². The first-order valence-corrected chi connectivity index (χ1v) is 12.0. The normalized spacial score (nSPS) is 15.7. The standard InChI is InChI=1S/C29H30N4O2/c1-21-9-12-24(13-10-21)31-29(35)28(22-6-3-2-4-7-22)33-18-16-32(17-19-33)20-23-11-14-26(34)27-25(23)8-5-15-30-27/h2-15,28,34H,16-20H2,1H3,(H,31,35). The van der Waals surface area contributed by atoms with E-state index < -0.39 is 0 Å². The van der Waals surface area contributed by atoms with Crippen LogP contribution in [-0.4, -0.2) is 52.0 Å². The van der Waals surface area contributed by atoms with Crippen LogP contribution in [0.15, 0.2) is 85.1 Å². The van der Waals surface area contributed by atoms with E-state index in [0.717, 1.165) is 60.5 Å². The van der Waals surface area contributed by atoms with Crippen molar-refractivity contribution in [2.24, 2.45) is 0 Å². The number of amides is 1. The number of hydrogen-bond donors (Lipinski definition) is 2. The number of aryl methyl sites for hydroxylation is 1. The van der Waals surface area contributed by atoms with Crippen LogP contribution in [0.4, 0.5) is 5.69 Å². The Bertz CT molecular complexity index is 1300. The minimum Gasteiger partial charge on any atom is -0.506 e. The molecule has 1 amide bonds. The molecule has 4 aromatic rings. The minimum atomic E-state index is -0.349. The van der Waals surface area contributed by atoms with Gasteiger partial charge in [-0.3, -0.25) is 19.6 Å². The fourth-order valence-electron chi connectivity index (χ4n) is 4.79. The molecule has 1 aromatic heterocycles. The fourth-order valence-corrected chi connectivity index (χ4v) is 4.79. The van der Waals surface area contributed by atoms with Gasteiger partial charge in [-0.15, -0.1) is 0 Å². The molecule has 0 saturated carbocycles. The van der Waals surface area contributed by atoms with Gasteiger partial charge in [0.2, 0.25) is 5.91 Å². The number of pyridine rings is 1. The second-order valence-corrected chi connectivity index (χ2v) is 9.12. The molecule has 2 N–H and O–H groups in total. The van der Waals surface area contributed by atoms with Gasteiger partial charge >= 0.3 is 0 Å². The van der Waals surface area contributed by atoms with Gasteiger partial charge in [-0.05, 0) is 42.3 Å². The zero-order chi connectivity index (χ0) is 24.2. The molecule has 1 fully saturated rings. The maximum Gasteiger partial charge on any atom is 0.246 e. The molecule has 0 spiro atoms. The number of benzene rings is 3. The van der Waals surface area contributed by atoms with Gasteiger partial charge in [-0.2, -0.15) is 0 Å². The Morgan fingerprint density at radius 1 is 0.943 bits per heavy atom. The number of carbonyl (C=O) groups is 1. The lowest BCUT2D eigenvalue weighted by atomic mass is 10.0. The van der Waals surface area contributed by atoms with Crippen molar-refractivity contribution in [3.05, 3.63) is 102 Å². The van der Waals surface area contributed by atoms with Crippen molar-refractivity contribution in [2.75, 3.05) is 31.5 Å². The van der Waals surface area contributed by atoms with Gasteiger partial charge in [-0.25, -0.2) is 0 Å². The number of phenolic OH excluding ortho intramolecular Hbond substituents is 1. The lowest BCUT2D eigenvalue weighted by Gasteiger charge is -2.39. The van der Waals surface area contributed by atoms with Crippen LogP contribution in [0.3, 0.4) is 0 Å². The lowest BCUT2D eigenvalue weighted by molar-refractivity contribution is -0.122. The number of rotatable bonds is 6. The molecule has 1 saturated heterocycles. The highest BCUT2D eigenvalue weighted by Crippen LogP contribution is 2.28. The van der Waals surface area contributed by atoms with Gasteiger partial charge in [0.15, 0.2) is 0 Å². The van der Waals surface area contributed by atoms with Crippen molar-refractivity contribution < 1.29 is 9.90 Å². The Balaban J connectivity index is 1.30. The topological polar surface area (TPSA) is 68.7 Å². The number of aromatic hydroxyl groups is 1. The number of piperazine rings is 1. The predicted molar refractivity (Wildman–Crippen MR) is 139 cm³/mol. The van der Waals surface area contributed by atoms with E-state index in [1.165, 1.54) is 0 Å². The summed E-state index contributed by atoms with van der Waals surface area (Å²) in [6.45, 7) is 6.09. The Morgan fingerprint density at radius 3 is 2.43 bits per heavy atom. The summed E-state index contributed by atoms with van der Waals surface area (Å²) in [4.78, 5) is 22.5. The third-order valence-electron chi connectivity index (χ3n) is 6.69. The zero-order valence-corrected chi connectivity index (χ0v) is 19.9. The molecular formula is C29H30N4O2. The summed E-state index contributed by atoms with van der Waals surface area (Å²) in [7, 11) is 0. The van der Waals surface area contributed by atoms with Gasteiger partial charge < -0.3 is 10.4 Å². The smallest absolute Gasteiger partial charge is 0.246 e. The summed E-state index contributed by atoms with van der Waals surface area (Å²) in [6, 6.07) is 25.2. The van der Waals surface area contributed by atoms with Gasteiger partial charge in [-0.1, -0.05) is 60.2 Å². The minimum absolute atomic E-state index is 0.0101. The Morgan fingerprint density at radius 2 is 1.69 bits per heavy atom. The second-order valence-electron chi connectivity index (χ2n) is 9.12. The molecule has 6 heteroatoms. The summed E-state index contributed by atoms with van der Waals surface area (Å²) in [5, 5.41) is 14.3. The van der Waals surface area contributed by atoms with Crippen molar-refractivity contribution in [2.45, 2.75) is 19.5 Å². The molecule has 0 bridgehead atoms. The van der Waals surface area contributed by atoms with Crippen LogP contribution >= 0.6 is 0 Å². The van der Waals surface area contributed by atoms with E-state index >= 15 is 0 Å². The number of nitrogens with one attached hydrogen (secondary N) is 1. The second kappa shape index (κ2) is 10.3. The molecule has 0 radical (unpaired) electrons. The van der Waals surface area contributed by atoms with Crippen molar-refractivity contribution in [1.29, 1.82) is 0 Å². The van der Waals surface area contributed by atoms with Gasteiger partial charge in [0.25, 0.3) is 0 Å². The molecule has 1 aliphatic rings. The zero-order valence-electron chi connectivity index (χ0n) is 19.9. The van der Waals surface area contributed by atoms with Crippen LogP contribution in [-0.2, 0) is 11.3 Å². The van der Waals surface area contributed by atoms with Crippen LogP contribution in [0.1, 0.15) is 22.7 Å². The SMILES string of the molecule is Cc1ccc(NC(=O)C(c2ccccc2)N2CCN(Cc3ccc(O)c4ncccc34)CC2)cc1. The molecule has 1 unspecified atom stereocenters. The highest BCUT2D eigenvalue weighted by Gasteiger charge is 2.30. The first-order valence-electron chi connectivity index (χ1n) is 12.0. The van der Waals surface area contributed by atoms with Crippen LogP contribution in [0, 0.1) is 6.92 Å². The third-order valence-corrected chi connectivity index (χ3v) is 6.69. The summed E-state index contributed by atoms with van der Waals surface area (Å²) >= 11 is 0. The number of fused-ring (bicyclic) bond motifs is 1. The summed E-state index contributed by atoms with van der Waals surface area (Å²) < 4.78 is 0. The van der Waals surface area contributed by atoms with Crippen LogP contribution in [0.25, 0.3) is 10.9 Å². The van der Waals surface area contributed by atoms with Crippen LogP contribution in [0.2, 0.25) is 0 Å². The molecule has 35 heavy (non-hydrogen) atoms. The van der Waals surface area contributed by atoms with Gasteiger partial charge in [0.05, 0.1) is 0 Å². The number of aromatic nitrogens is 1. The quantitative estimate of drug-likeness (QED) is 0.429. The molecule has 0 aliphatic carbocycles.